The number of aliphatic hydroxyl groups excluding tert-OH is 1. The minimum Gasteiger partial charge on any atom is -0.507 e. The van der Waals surface area contributed by atoms with Crippen LogP contribution in [0.2, 0.25) is 0 Å². The van der Waals surface area contributed by atoms with Gasteiger partial charge in [-0.2, -0.15) is 0 Å². The van der Waals surface area contributed by atoms with Gasteiger partial charge in [-0.3, -0.25) is 24.3 Å². The Morgan fingerprint density at radius 1 is 1.09 bits per heavy atom. The van der Waals surface area contributed by atoms with Gasteiger partial charge in [-0.1, -0.05) is 18.2 Å². The zero-order chi connectivity index (χ0) is 25.1. The summed E-state index contributed by atoms with van der Waals surface area (Å²) in [6.07, 6.45) is 2.90. The molecule has 1 N–H and O–H groups in total. The fraction of sp³-hybridized carbons (Fsp3) is 0.185. The summed E-state index contributed by atoms with van der Waals surface area (Å²) in [6.45, 7) is 3.53. The SMILES string of the molecule is CC(C)OC(=O)Cc1ccc(N2C(=O)C(=O)/C(=C(\O)c3ccc(F)cc3)C2c2cccnc2)cc1. The van der Waals surface area contributed by atoms with Crippen LogP contribution in [-0.2, 0) is 25.5 Å². The summed E-state index contributed by atoms with van der Waals surface area (Å²) in [5.74, 6) is -2.97. The average Bonchev–Trinajstić information content (AvgIpc) is 3.10. The van der Waals surface area contributed by atoms with Crippen LogP contribution in [0.25, 0.3) is 5.76 Å². The number of pyridine rings is 1. The van der Waals surface area contributed by atoms with Gasteiger partial charge in [0.25, 0.3) is 11.7 Å². The second-order valence-corrected chi connectivity index (χ2v) is 8.34. The van der Waals surface area contributed by atoms with Crippen LogP contribution < -0.4 is 4.90 Å². The Kier molecular flexibility index (Phi) is 6.73. The van der Waals surface area contributed by atoms with Crippen LogP contribution in [0.5, 0.6) is 0 Å². The van der Waals surface area contributed by atoms with Gasteiger partial charge in [-0.15, -0.1) is 0 Å². The molecule has 0 saturated carbocycles. The van der Waals surface area contributed by atoms with Crippen LogP contribution in [-0.4, -0.2) is 33.9 Å². The zero-order valence-corrected chi connectivity index (χ0v) is 19.1. The number of aromatic nitrogens is 1. The second-order valence-electron chi connectivity index (χ2n) is 8.34. The molecule has 8 heteroatoms. The van der Waals surface area contributed by atoms with Crippen molar-refractivity contribution in [2.24, 2.45) is 0 Å². The number of esters is 1. The lowest BCUT2D eigenvalue weighted by Gasteiger charge is -2.25. The number of rotatable bonds is 6. The average molecular weight is 474 g/mol. The lowest BCUT2D eigenvalue weighted by molar-refractivity contribution is -0.146. The van der Waals surface area contributed by atoms with Gasteiger partial charge in [0.15, 0.2) is 0 Å². The number of carbonyl (C=O) groups excluding carboxylic acids is 3. The first-order valence-electron chi connectivity index (χ1n) is 11.0. The van der Waals surface area contributed by atoms with Crippen molar-refractivity contribution >= 4 is 29.1 Å². The molecule has 1 aliphatic heterocycles. The summed E-state index contributed by atoms with van der Waals surface area (Å²) in [7, 11) is 0. The standard InChI is InChI=1S/C27H23FN2O5/c1-16(2)35-22(31)14-17-5-11-21(12-6-17)30-24(19-4-3-13-29-15-19)23(26(33)27(30)34)25(32)18-7-9-20(28)10-8-18/h3-13,15-16,24,32H,14H2,1-2H3/b25-23-. The van der Waals surface area contributed by atoms with Crippen molar-refractivity contribution in [3.63, 3.8) is 0 Å². The molecule has 1 unspecified atom stereocenters. The maximum Gasteiger partial charge on any atom is 0.310 e. The van der Waals surface area contributed by atoms with Crippen molar-refractivity contribution in [1.82, 2.24) is 4.98 Å². The van der Waals surface area contributed by atoms with E-state index in [0.717, 1.165) is 12.1 Å². The summed E-state index contributed by atoms with van der Waals surface area (Å²) in [6, 6.07) is 14.0. The number of hydrogen-bond acceptors (Lipinski definition) is 6. The Balaban J connectivity index is 1.76. The third kappa shape index (κ3) is 4.96. The lowest BCUT2D eigenvalue weighted by atomic mass is 9.96. The predicted molar refractivity (Wildman–Crippen MR) is 127 cm³/mol. The summed E-state index contributed by atoms with van der Waals surface area (Å²) < 4.78 is 18.6. The van der Waals surface area contributed by atoms with E-state index in [4.69, 9.17) is 4.74 Å². The molecule has 3 aromatic rings. The number of carbonyl (C=O) groups is 3. The molecule has 0 radical (unpaired) electrons. The first-order valence-corrected chi connectivity index (χ1v) is 11.0. The number of hydrogen-bond donors (Lipinski definition) is 1. The monoisotopic (exact) mass is 474 g/mol. The van der Waals surface area contributed by atoms with Crippen LogP contribution in [0.1, 0.15) is 36.6 Å². The van der Waals surface area contributed by atoms with E-state index >= 15 is 0 Å². The first kappa shape index (κ1) is 23.8. The van der Waals surface area contributed by atoms with Crippen molar-refractivity contribution in [1.29, 1.82) is 0 Å². The summed E-state index contributed by atoms with van der Waals surface area (Å²) in [5, 5.41) is 11.0. The summed E-state index contributed by atoms with van der Waals surface area (Å²) in [5.41, 5.74) is 1.68. The molecule has 0 aliphatic carbocycles. The van der Waals surface area contributed by atoms with Gasteiger partial charge >= 0.3 is 5.97 Å². The first-order chi connectivity index (χ1) is 16.8. The third-order valence-corrected chi connectivity index (χ3v) is 5.49. The van der Waals surface area contributed by atoms with E-state index in [0.29, 0.717) is 16.8 Å². The number of halogens is 1. The normalized spacial score (nSPS) is 17.1. The number of aliphatic hydroxyl groups is 1. The molecular weight excluding hydrogens is 451 g/mol. The second kappa shape index (κ2) is 9.89. The topological polar surface area (TPSA) is 96.8 Å². The highest BCUT2D eigenvalue weighted by Crippen LogP contribution is 2.41. The third-order valence-electron chi connectivity index (χ3n) is 5.49. The maximum absolute atomic E-state index is 13.4. The molecular formula is C27H23FN2O5. The molecule has 2 aromatic carbocycles. The lowest BCUT2D eigenvalue weighted by Crippen LogP contribution is -2.29. The minimum atomic E-state index is -0.953. The molecule has 1 amide bonds. The largest absolute Gasteiger partial charge is 0.507 e. The molecule has 2 heterocycles. The number of anilines is 1. The number of ketones is 1. The van der Waals surface area contributed by atoms with Crippen LogP contribution in [0.4, 0.5) is 10.1 Å². The van der Waals surface area contributed by atoms with Crippen LogP contribution >= 0.6 is 0 Å². The van der Waals surface area contributed by atoms with E-state index in [-0.39, 0.29) is 29.6 Å². The van der Waals surface area contributed by atoms with E-state index in [1.54, 1.807) is 56.4 Å². The summed E-state index contributed by atoms with van der Waals surface area (Å²) >= 11 is 0. The zero-order valence-electron chi connectivity index (χ0n) is 19.1. The molecule has 1 fully saturated rings. The Hall–Kier alpha value is -4.33. The van der Waals surface area contributed by atoms with Gasteiger partial charge < -0.3 is 9.84 Å². The Bertz CT molecular complexity index is 1290. The molecule has 1 atom stereocenters. The Morgan fingerprint density at radius 2 is 1.77 bits per heavy atom. The number of amides is 1. The highest BCUT2D eigenvalue weighted by molar-refractivity contribution is 6.51. The van der Waals surface area contributed by atoms with Gasteiger partial charge in [-0.25, -0.2) is 4.39 Å². The van der Waals surface area contributed by atoms with Gasteiger partial charge in [0, 0.05) is 23.6 Å². The van der Waals surface area contributed by atoms with Crippen molar-refractivity contribution in [3.05, 3.63) is 101 Å². The summed E-state index contributed by atoms with van der Waals surface area (Å²) in [4.78, 5) is 43.6. The predicted octanol–water partition coefficient (Wildman–Crippen LogP) is 4.34. The van der Waals surface area contributed by atoms with Crippen molar-refractivity contribution in [2.45, 2.75) is 32.4 Å². The maximum atomic E-state index is 13.4. The molecule has 178 valence electrons. The number of nitrogens with zero attached hydrogens (tertiary/aromatic N) is 2. The molecule has 4 rings (SSSR count). The van der Waals surface area contributed by atoms with Gasteiger partial charge in [-0.05, 0) is 67.4 Å². The van der Waals surface area contributed by atoms with Gasteiger partial charge in [0.05, 0.1) is 24.1 Å². The van der Waals surface area contributed by atoms with E-state index in [1.165, 1.54) is 23.2 Å². The number of Topliss-reactive ketones (excluding diaryl/α,β-unsaturated/α-hetero) is 1. The highest BCUT2D eigenvalue weighted by atomic mass is 19.1. The molecule has 1 aliphatic rings. The Labute approximate surface area is 201 Å². The van der Waals surface area contributed by atoms with Crippen molar-refractivity contribution < 1.29 is 28.6 Å². The molecule has 0 spiro atoms. The van der Waals surface area contributed by atoms with Gasteiger partial charge in [0.1, 0.15) is 11.6 Å². The number of ether oxygens (including phenoxy) is 1. The van der Waals surface area contributed by atoms with Crippen LogP contribution in [0.3, 0.4) is 0 Å². The van der Waals surface area contributed by atoms with E-state index in [2.05, 4.69) is 4.98 Å². The molecule has 7 nitrogen and oxygen atoms in total. The fourth-order valence-electron chi connectivity index (χ4n) is 3.96. The van der Waals surface area contributed by atoms with E-state index in [1.807, 2.05) is 0 Å². The minimum absolute atomic E-state index is 0.0634. The van der Waals surface area contributed by atoms with E-state index in [9.17, 15) is 23.9 Å². The van der Waals surface area contributed by atoms with Crippen molar-refractivity contribution in [3.8, 4) is 0 Å². The van der Waals surface area contributed by atoms with Crippen LogP contribution in [0, 0.1) is 5.82 Å². The smallest absolute Gasteiger partial charge is 0.310 e. The van der Waals surface area contributed by atoms with E-state index < -0.39 is 29.3 Å². The molecule has 0 bridgehead atoms. The highest BCUT2D eigenvalue weighted by Gasteiger charge is 2.47. The Morgan fingerprint density at radius 3 is 2.37 bits per heavy atom. The number of benzene rings is 2. The quantitative estimate of drug-likeness (QED) is 0.247. The molecule has 1 aromatic heterocycles. The van der Waals surface area contributed by atoms with Crippen molar-refractivity contribution in [2.75, 3.05) is 4.90 Å². The molecule has 1 saturated heterocycles. The molecule has 35 heavy (non-hydrogen) atoms. The van der Waals surface area contributed by atoms with Gasteiger partial charge in [0.2, 0.25) is 0 Å². The van der Waals surface area contributed by atoms with Crippen LogP contribution in [0.15, 0.2) is 78.6 Å². The fourth-order valence-corrected chi connectivity index (χ4v) is 3.96.